The molecule has 0 radical (unpaired) electrons. The summed E-state index contributed by atoms with van der Waals surface area (Å²) in [6.07, 6.45) is 8.64. The number of carboxylic acids is 1. The van der Waals surface area contributed by atoms with E-state index in [4.69, 9.17) is 24.4 Å². The molecular formula is C10H20K3O6P. The number of aliphatic carboxylic acids is 1. The Labute approximate surface area is 249 Å². The fourth-order valence-corrected chi connectivity index (χ4v) is 1.23. The molecule has 0 aliphatic rings. The molecule has 0 aromatic carbocycles. The minimum Gasteiger partial charge on any atom is -0.822 e. The molecule has 0 aromatic rings. The molecule has 0 spiro atoms. The van der Waals surface area contributed by atoms with Crippen LogP contribution in [0.5, 0.6) is 0 Å². The van der Waals surface area contributed by atoms with E-state index in [0.29, 0.717) is 6.42 Å². The van der Waals surface area contributed by atoms with E-state index >= 15 is 0 Å². The van der Waals surface area contributed by atoms with Gasteiger partial charge in [0.2, 0.25) is 0 Å². The summed E-state index contributed by atoms with van der Waals surface area (Å²) in [4.78, 5) is 35.8. The van der Waals surface area contributed by atoms with Crippen LogP contribution in [0.15, 0.2) is 0 Å². The van der Waals surface area contributed by atoms with E-state index in [9.17, 15) is 4.79 Å². The molecule has 0 atom stereocenters. The molecule has 0 saturated heterocycles. The van der Waals surface area contributed by atoms with Gasteiger partial charge in [-0.1, -0.05) is 45.4 Å². The Balaban J connectivity index is -0.0000000821. The fraction of sp³-hybridized carbons (Fsp3) is 0.900. The van der Waals surface area contributed by atoms with E-state index in [1.807, 2.05) is 0 Å². The van der Waals surface area contributed by atoms with Crippen molar-refractivity contribution in [2.24, 2.45) is 0 Å². The molecule has 0 aliphatic carbocycles. The second kappa shape index (κ2) is 25.7. The number of unbranched alkanes of at least 4 members (excludes halogenated alkanes) is 6. The van der Waals surface area contributed by atoms with Crippen LogP contribution in [-0.2, 0) is 9.36 Å². The zero-order chi connectivity index (χ0) is 13.7. The molecular weight excluding hydrogens is 364 g/mol. The summed E-state index contributed by atoms with van der Waals surface area (Å²) in [5, 5.41) is 8.35. The van der Waals surface area contributed by atoms with Crippen LogP contribution in [0.3, 0.4) is 0 Å². The average molecular weight is 385 g/mol. The standard InChI is InChI=1S/C10H20O2.3K.H3O4P/c1-2-3-4-5-6-7-8-9-10(11)12;;;;1-5(2,3)4/h2-9H2,1H3,(H,11,12);;;;(H3,1,2,3,4)/q;3*+1;/p-3. The van der Waals surface area contributed by atoms with Crippen molar-refractivity contribution in [3.63, 3.8) is 0 Å². The predicted octanol–water partition coefficient (Wildman–Crippen LogP) is -8.60. The van der Waals surface area contributed by atoms with Crippen LogP contribution in [0.25, 0.3) is 0 Å². The summed E-state index contributed by atoms with van der Waals surface area (Å²) >= 11 is 0. The molecule has 0 fully saturated rings. The summed E-state index contributed by atoms with van der Waals surface area (Å²) in [5.41, 5.74) is 0. The Morgan fingerprint density at radius 3 is 1.50 bits per heavy atom. The van der Waals surface area contributed by atoms with Crippen molar-refractivity contribution in [3.8, 4) is 0 Å². The molecule has 0 aromatic heterocycles. The molecule has 20 heavy (non-hydrogen) atoms. The molecule has 0 bridgehead atoms. The molecule has 0 rings (SSSR count). The maximum absolute atomic E-state index is 10.1. The summed E-state index contributed by atoms with van der Waals surface area (Å²) in [6.45, 7) is 2.20. The number of phosphoric acid groups is 1. The molecule has 104 valence electrons. The maximum atomic E-state index is 10.1. The van der Waals surface area contributed by atoms with E-state index < -0.39 is 13.8 Å². The monoisotopic (exact) mass is 384 g/mol. The second-order valence-corrected chi connectivity index (χ2v) is 4.61. The summed E-state index contributed by atoms with van der Waals surface area (Å²) in [5.74, 6) is -0.663. The van der Waals surface area contributed by atoms with Gasteiger partial charge in [-0.05, 0) is 6.42 Å². The van der Waals surface area contributed by atoms with Gasteiger partial charge in [0.1, 0.15) is 0 Å². The molecule has 0 amide bonds. The fourth-order valence-electron chi connectivity index (χ4n) is 1.23. The maximum Gasteiger partial charge on any atom is 1.00 e. The Hall–Kier alpha value is 4.49. The predicted molar refractivity (Wildman–Crippen MR) is 57.9 cm³/mol. The van der Waals surface area contributed by atoms with Crippen molar-refractivity contribution < 1.29 is 183 Å². The van der Waals surface area contributed by atoms with Crippen molar-refractivity contribution in [2.75, 3.05) is 0 Å². The van der Waals surface area contributed by atoms with Crippen LogP contribution in [0.2, 0.25) is 0 Å². The first-order valence-electron chi connectivity index (χ1n) is 5.72. The molecule has 0 heterocycles. The van der Waals surface area contributed by atoms with E-state index in [1.54, 1.807) is 0 Å². The quantitative estimate of drug-likeness (QED) is 0.252. The van der Waals surface area contributed by atoms with Crippen LogP contribution < -0.4 is 169 Å². The van der Waals surface area contributed by atoms with E-state index in [0.717, 1.165) is 12.8 Å². The smallest absolute Gasteiger partial charge is 0.822 e. The van der Waals surface area contributed by atoms with Gasteiger partial charge in [-0.15, -0.1) is 0 Å². The minimum absolute atomic E-state index is 0. The van der Waals surface area contributed by atoms with E-state index in [1.165, 1.54) is 32.1 Å². The third-order valence-corrected chi connectivity index (χ3v) is 1.99. The molecule has 10 heteroatoms. The van der Waals surface area contributed by atoms with E-state index in [2.05, 4.69) is 6.92 Å². The largest absolute Gasteiger partial charge is 1.00 e. The van der Waals surface area contributed by atoms with Crippen molar-refractivity contribution in [1.82, 2.24) is 0 Å². The molecule has 1 N–H and O–H groups in total. The Bertz CT molecular complexity index is 229. The third kappa shape index (κ3) is 57.1. The van der Waals surface area contributed by atoms with Gasteiger partial charge >= 0.3 is 160 Å². The summed E-state index contributed by atoms with van der Waals surface area (Å²) in [6, 6.07) is 0. The van der Waals surface area contributed by atoms with Gasteiger partial charge in [0.05, 0.1) is 0 Å². The van der Waals surface area contributed by atoms with Crippen molar-refractivity contribution in [1.29, 1.82) is 0 Å². The Kier molecular flexibility index (Phi) is 45.8. The van der Waals surface area contributed by atoms with Crippen LogP contribution >= 0.6 is 7.82 Å². The number of hydrogen-bond acceptors (Lipinski definition) is 5. The van der Waals surface area contributed by atoms with Gasteiger partial charge in [0, 0.05) is 6.42 Å². The summed E-state index contributed by atoms with van der Waals surface area (Å²) in [7, 11) is -5.39. The van der Waals surface area contributed by atoms with Gasteiger partial charge in [0.25, 0.3) is 0 Å². The zero-order valence-corrected chi connectivity index (χ0v) is 23.4. The minimum atomic E-state index is -5.39. The number of hydrogen-bond donors (Lipinski definition) is 1. The zero-order valence-electron chi connectivity index (χ0n) is 13.1. The Morgan fingerprint density at radius 2 is 1.20 bits per heavy atom. The first-order valence-corrected chi connectivity index (χ1v) is 7.18. The molecule has 0 aliphatic heterocycles. The normalized spacial score (nSPS) is 9.00. The van der Waals surface area contributed by atoms with Gasteiger partial charge < -0.3 is 24.4 Å². The average Bonchev–Trinajstić information content (AvgIpc) is 2.13. The van der Waals surface area contributed by atoms with Crippen molar-refractivity contribution >= 4 is 13.8 Å². The van der Waals surface area contributed by atoms with E-state index in [-0.39, 0.29) is 154 Å². The van der Waals surface area contributed by atoms with Crippen LogP contribution in [0, 0.1) is 0 Å². The SMILES string of the molecule is CCCCCCCCCC(=O)O.O=P([O-])([O-])[O-].[K+].[K+].[K+]. The molecule has 0 unspecified atom stereocenters. The first-order chi connectivity index (χ1) is 7.77. The Morgan fingerprint density at radius 1 is 0.900 bits per heavy atom. The first kappa shape index (κ1) is 35.6. The van der Waals surface area contributed by atoms with Gasteiger partial charge in [0.15, 0.2) is 0 Å². The third-order valence-electron chi connectivity index (χ3n) is 1.99. The second-order valence-electron chi connectivity index (χ2n) is 3.71. The number of carbonyl (C=O) groups is 1. The van der Waals surface area contributed by atoms with Crippen molar-refractivity contribution in [3.05, 3.63) is 0 Å². The van der Waals surface area contributed by atoms with Gasteiger partial charge in [-0.25, -0.2) is 0 Å². The van der Waals surface area contributed by atoms with Crippen LogP contribution in [0.4, 0.5) is 0 Å². The van der Waals surface area contributed by atoms with Crippen LogP contribution in [0.1, 0.15) is 58.3 Å². The van der Waals surface area contributed by atoms with Crippen molar-refractivity contribution in [2.45, 2.75) is 58.3 Å². The molecule has 0 saturated carbocycles. The van der Waals surface area contributed by atoms with Crippen LogP contribution in [-0.4, -0.2) is 11.1 Å². The topological polar surface area (TPSA) is 124 Å². The van der Waals surface area contributed by atoms with Gasteiger partial charge in [-0.2, -0.15) is 7.82 Å². The molecule has 6 nitrogen and oxygen atoms in total. The summed E-state index contributed by atoms with van der Waals surface area (Å²) < 4.78 is 8.55. The van der Waals surface area contributed by atoms with Gasteiger partial charge in [-0.3, -0.25) is 4.79 Å². The number of rotatable bonds is 8. The number of carboxylic acid groups (broad SMARTS) is 1.